The van der Waals surface area contributed by atoms with E-state index in [1.807, 2.05) is 45.0 Å². The van der Waals surface area contributed by atoms with Crippen molar-refractivity contribution in [2.75, 3.05) is 12.4 Å². The summed E-state index contributed by atoms with van der Waals surface area (Å²) in [5.74, 6) is 1.17. The zero-order valence-corrected chi connectivity index (χ0v) is 19.3. The number of anilines is 1. The average Bonchev–Trinajstić information content (AvgIpc) is 3.16. The van der Waals surface area contributed by atoms with E-state index in [-0.39, 0.29) is 17.7 Å². The van der Waals surface area contributed by atoms with Gasteiger partial charge in [-0.3, -0.25) is 14.6 Å². The van der Waals surface area contributed by atoms with Crippen molar-refractivity contribution >= 4 is 46.0 Å². The molecule has 0 saturated heterocycles. The van der Waals surface area contributed by atoms with Gasteiger partial charge in [-0.15, -0.1) is 0 Å². The number of carbonyl (C=O) groups is 2. The highest BCUT2D eigenvalue weighted by atomic mass is 32.2. The van der Waals surface area contributed by atoms with Crippen LogP contribution in [0.5, 0.6) is 5.75 Å². The summed E-state index contributed by atoms with van der Waals surface area (Å²) in [5.41, 5.74) is 2.28. The Hall–Kier alpha value is -3.13. The highest BCUT2D eigenvalue weighted by molar-refractivity contribution is 8.15. The van der Waals surface area contributed by atoms with Crippen molar-refractivity contribution in [1.29, 1.82) is 0 Å². The van der Waals surface area contributed by atoms with Gasteiger partial charge in [-0.25, -0.2) is 9.89 Å². The van der Waals surface area contributed by atoms with Gasteiger partial charge >= 0.3 is 0 Å². The first kappa shape index (κ1) is 22.1. The van der Waals surface area contributed by atoms with E-state index in [0.717, 1.165) is 17.0 Å². The lowest BCUT2D eigenvalue weighted by atomic mass is 10.1. The predicted molar refractivity (Wildman–Crippen MR) is 129 cm³/mol. The first-order valence-corrected chi connectivity index (χ1v) is 11.5. The second kappa shape index (κ2) is 9.16. The SMILES string of the molecule is CCC(SC1=Nc2ccccc2C2=NC(C(C)C)C(=O)N12)C(=O)Nc1ccc(OC)cc1. The third kappa shape index (κ3) is 4.14. The first-order chi connectivity index (χ1) is 15.4. The Morgan fingerprint density at radius 3 is 2.56 bits per heavy atom. The van der Waals surface area contributed by atoms with Crippen LogP contribution >= 0.6 is 11.8 Å². The molecule has 2 aromatic rings. The van der Waals surface area contributed by atoms with E-state index in [4.69, 9.17) is 14.7 Å². The Bertz CT molecular complexity index is 1090. The number of benzene rings is 2. The van der Waals surface area contributed by atoms with Crippen molar-refractivity contribution in [3.8, 4) is 5.75 Å². The van der Waals surface area contributed by atoms with Crippen LogP contribution in [0.15, 0.2) is 58.5 Å². The molecular formula is C24H26N4O3S. The number of thioether (sulfide) groups is 1. The Morgan fingerprint density at radius 2 is 1.91 bits per heavy atom. The molecular weight excluding hydrogens is 424 g/mol. The number of amidine groups is 2. The number of rotatable bonds is 6. The highest BCUT2D eigenvalue weighted by Gasteiger charge is 2.43. The Balaban J connectivity index is 1.60. The van der Waals surface area contributed by atoms with E-state index in [1.54, 1.807) is 36.3 Å². The lowest BCUT2D eigenvalue weighted by Gasteiger charge is -2.27. The number of para-hydroxylation sites is 1. The van der Waals surface area contributed by atoms with Gasteiger partial charge in [0.15, 0.2) is 5.17 Å². The number of hydrogen-bond donors (Lipinski definition) is 1. The molecule has 0 bridgehead atoms. The Morgan fingerprint density at radius 1 is 1.19 bits per heavy atom. The van der Waals surface area contributed by atoms with Crippen LogP contribution in [0.25, 0.3) is 0 Å². The van der Waals surface area contributed by atoms with Gasteiger partial charge in [0.05, 0.1) is 18.0 Å². The average molecular weight is 451 g/mol. The van der Waals surface area contributed by atoms with Crippen molar-refractivity contribution in [2.45, 2.75) is 38.5 Å². The van der Waals surface area contributed by atoms with Crippen LogP contribution in [0.4, 0.5) is 11.4 Å². The minimum Gasteiger partial charge on any atom is -0.497 e. The van der Waals surface area contributed by atoms with Gasteiger partial charge in [0.25, 0.3) is 5.91 Å². The van der Waals surface area contributed by atoms with Crippen molar-refractivity contribution < 1.29 is 14.3 Å². The van der Waals surface area contributed by atoms with E-state index < -0.39 is 11.3 Å². The molecule has 7 nitrogen and oxygen atoms in total. The summed E-state index contributed by atoms with van der Waals surface area (Å²) in [4.78, 5) is 37.3. The monoisotopic (exact) mass is 450 g/mol. The molecule has 1 N–H and O–H groups in total. The predicted octanol–water partition coefficient (Wildman–Crippen LogP) is 4.46. The maximum atomic E-state index is 13.2. The molecule has 8 heteroatoms. The van der Waals surface area contributed by atoms with Gasteiger partial charge in [-0.1, -0.05) is 44.7 Å². The number of nitrogens with one attached hydrogen (secondary N) is 1. The summed E-state index contributed by atoms with van der Waals surface area (Å²) in [6.45, 7) is 5.91. The van der Waals surface area contributed by atoms with Crippen LogP contribution in [-0.4, -0.2) is 46.1 Å². The molecule has 0 saturated carbocycles. The lowest BCUT2D eigenvalue weighted by Crippen LogP contribution is -2.43. The molecule has 32 heavy (non-hydrogen) atoms. The summed E-state index contributed by atoms with van der Waals surface area (Å²) < 4.78 is 5.17. The molecule has 2 unspecified atom stereocenters. The molecule has 0 radical (unpaired) electrons. The van der Waals surface area contributed by atoms with Crippen molar-refractivity contribution in [3.05, 3.63) is 54.1 Å². The number of amides is 2. The fourth-order valence-corrected chi connectivity index (χ4v) is 4.65. The number of nitrogens with zero attached hydrogens (tertiary/aromatic N) is 3. The summed E-state index contributed by atoms with van der Waals surface area (Å²) in [7, 11) is 1.60. The van der Waals surface area contributed by atoms with E-state index in [0.29, 0.717) is 23.1 Å². The zero-order chi connectivity index (χ0) is 22.8. The molecule has 0 fully saturated rings. The van der Waals surface area contributed by atoms with Gasteiger partial charge in [-0.2, -0.15) is 0 Å². The van der Waals surface area contributed by atoms with Crippen molar-refractivity contribution in [3.63, 3.8) is 0 Å². The maximum absolute atomic E-state index is 13.2. The minimum absolute atomic E-state index is 0.0688. The first-order valence-electron chi connectivity index (χ1n) is 10.6. The van der Waals surface area contributed by atoms with Crippen molar-refractivity contribution in [2.24, 2.45) is 15.9 Å². The fraction of sp³-hybridized carbons (Fsp3) is 0.333. The molecule has 2 heterocycles. The molecule has 166 valence electrons. The van der Waals surface area contributed by atoms with E-state index in [2.05, 4.69) is 5.32 Å². The maximum Gasteiger partial charge on any atom is 0.259 e. The van der Waals surface area contributed by atoms with Crippen LogP contribution < -0.4 is 10.1 Å². The van der Waals surface area contributed by atoms with Gasteiger partial charge in [-0.05, 0) is 48.7 Å². The Labute approximate surface area is 192 Å². The third-order valence-electron chi connectivity index (χ3n) is 5.40. The molecule has 0 aliphatic carbocycles. The number of fused-ring (bicyclic) bond motifs is 3. The van der Waals surface area contributed by atoms with Gasteiger partial charge < -0.3 is 10.1 Å². The molecule has 2 aliphatic rings. The molecule has 4 rings (SSSR count). The number of ether oxygens (including phenoxy) is 1. The normalized spacial score (nSPS) is 18.0. The zero-order valence-electron chi connectivity index (χ0n) is 18.5. The number of carbonyl (C=O) groups excluding carboxylic acids is 2. The quantitative estimate of drug-likeness (QED) is 0.704. The fourth-order valence-electron chi connectivity index (χ4n) is 3.63. The van der Waals surface area contributed by atoms with Crippen LogP contribution in [0, 0.1) is 5.92 Å². The van der Waals surface area contributed by atoms with Crippen LogP contribution in [0.2, 0.25) is 0 Å². The molecule has 0 aromatic heterocycles. The summed E-state index contributed by atoms with van der Waals surface area (Å²) in [5, 5.41) is 3.02. The largest absolute Gasteiger partial charge is 0.497 e. The lowest BCUT2D eigenvalue weighted by molar-refractivity contribution is -0.125. The number of hydrogen-bond acceptors (Lipinski definition) is 6. The van der Waals surface area contributed by atoms with Gasteiger partial charge in [0.2, 0.25) is 5.91 Å². The number of aliphatic imine (C=N–C) groups is 2. The van der Waals surface area contributed by atoms with Crippen LogP contribution in [0.3, 0.4) is 0 Å². The second-order valence-corrected chi connectivity index (χ2v) is 9.13. The molecule has 2 aliphatic heterocycles. The molecule has 2 aromatic carbocycles. The standard InChI is InChI=1S/C24H26N4O3S/c1-5-19(22(29)25-15-10-12-16(31-4)13-11-15)32-24-26-18-9-7-6-8-17(18)21-27-20(14(2)3)23(30)28(21)24/h6-14,19-20H,5H2,1-4H3,(H,25,29). The summed E-state index contributed by atoms with van der Waals surface area (Å²) in [6.07, 6.45) is 0.579. The smallest absolute Gasteiger partial charge is 0.259 e. The van der Waals surface area contributed by atoms with Crippen LogP contribution in [-0.2, 0) is 9.59 Å². The molecule has 2 atom stereocenters. The van der Waals surface area contributed by atoms with E-state index >= 15 is 0 Å². The molecule has 0 spiro atoms. The molecule has 2 amide bonds. The summed E-state index contributed by atoms with van der Waals surface area (Å²) in [6, 6.07) is 14.4. The second-order valence-electron chi connectivity index (χ2n) is 7.96. The van der Waals surface area contributed by atoms with Crippen LogP contribution in [0.1, 0.15) is 32.8 Å². The highest BCUT2D eigenvalue weighted by Crippen LogP contribution is 2.36. The Kier molecular flexibility index (Phi) is 6.32. The summed E-state index contributed by atoms with van der Waals surface area (Å²) >= 11 is 1.30. The minimum atomic E-state index is -0.449. The van der Waals surface area contributed by atoms with E-state index in [1.165, 1.54) is 11.8 Å². The van der Waals surface area contributed by atoms with Gasteiger partial charge in [0.1, 0.15) is 17.6 Å². The van der Waals surface area contributed by atoms with E-state index in [9.17, 15) is 9.59 Å². The number of methoxy groups -OCH3 is 1. The topological polar surface area (TPSA) is 83.4 Å². The van der Waals surface area contributed by atoms with Gasteiger partial charge in [0, 0.05) is 11.3 Å². The third-order valence-corrected chi connectivity index (χ3v) is 6.72. The van der Waals surface area contributed by atoms with Crippen molar-refractivity contribution in [1.82, 2.24) is 4.90 Å².